The summed E-state index contributed by atoms with van der Waals surface area (Å²) in [6.07, 6.45) is 2.82. The van der Waals surface area contributed by atoms with Gasteiger partial charge in [-0.15, -0.1) is 0 Å². The van der Waals surface area contributed by atoms with Crippen LogP contribution < -0.4 is 9.47 Å². The lowest BCUT2D eigenvalue weighted by molar-refractivity contribution is 0.135. The average molecular weight is 330 g/mol. The van der Waals surface area contributed by atoms with Crippen LogP contribution in [0.4, 0.5) is 8.78 Å². The molecule has 24 heavy (non-hydrogen) atoms. The molecule has 4 rings (SSSR count). The number of fused-ring (bicyclic) bond motifs is 1. The van der Waals surface area contributed by atoms with Crippen LogP contribution in [0.5, 0.6) is 11.5 Å². The number of rotatable bonds is 4. The molecule has 126 valence electrons. The van der Waals surface area contributed by atoms with E-state index in [0.717, 1.165) is 41.7 Å². The van der Waals surface area contributed by atoms with Crippen molar-refractivity contribution in [1.29, 1.82) is 0 Å². The number of halogens is 2. The molecule has 2 aromatic rings. The third-order valence-electron chi connectivity index (χ3n) is 4.61. The first kappa shape index (κ1) is 15.4. The highest BCUT2D eigenvalue weighted by Crippen LogP contribution is 2.42. The summed E-state index contributed by atoms with van der Waals surface area (Å²) < 4.78 is 39.8. The van der Waals surface area contributed by atoms with Crippen LogP contribution in [0.3, 0.4) is 0 Å². The van der Waals surface area contributed by atoms with E-state index in [-0.39, 0.29) is 18.0 Å². The summed E-state index contributed by atoms with van der Waals surface area (Å²) >= 11 is 0. The summed E-state index contributed by atoms with van der Waals surface area (Å²) in [6, 6.07) is 8.59. The van der Waals surface area contributed by atoms with Gasteiger partial charge in [0.15, 0.2) is 17.4 Å². The van der Waals surface area contributed by atoms with Crippen molar-refractivity contribution in [1.82, 2.24) is 0 Å². The topological polar surface area (TPSA) is 18.5 Å². The van der Waals surface area contributed by atoms with Gasteiger partial charge in [-0.05, 0) is 55.9 Å². The zero-order valence-corrected chi connectivity index (χ0v) is 13.9. The molecule has 1 saturated carbocycles. The standard InChI is InChI=1S/C20H20F2O2/c1-20(2)10-13-4-3-5-14(18(13)24-20)11-23-19-16(21)8-15(9-17(19)22)12-6-7-12/h3-5,8-9,12H,6-7,10-11H2,1-2H3. The maximum Gasteiger partial charge on any atom is 0.191 e. The third kappa shape index (κ3) is 2.85. The number of para-hydroxylation sites is 1. The van der Waals surface area contributed by atoms with Gasteiger partial charge in [0, 0.05) is 12.0 Å². The van der Waals surface area contributed by atoms with Crippen molar-refractivity contribution < 1.29 is 18.3 Å². The molecule has 0 saturated heterocycles. The minimum atomic E-state index is -0.634. The second-order valence-electron chi connectivity index (χ2n) is 7.32. The van der Waals surface area contributed by atoms with Crippen LogP contribution in [0.15, 0.2) is 30.3 Å². The van der Waals surface area contributed by atoms with E-state index >= 15 is 0 Å². The van der Waals surface area contributed by atoms with Crippen molar-refractivity contribution in [2.24, 2.45) is 0 Å². The Morgan fingerprint density at radius 1 is 1.17 bits per heavy atom. The predicted molar refractivity (Wildman–Crippen MR) is 87.5 cm³/mol. The Balaban J connectivity index is 1.55. The quantitative estimate of drug-likeness (QED) is 0.773. The van der Waals surface area contributed by atoms with Crippen LogP contribution in [-0.2, 0) is 13.0 Å². The first-order valence-electron chi connectivity index (χ1n) is 8.34. The van der Waals surface area contributed by atoms with Crippen molar-refractivity contribution >= 4 is 0 Å². The smallest absolute Gasteiger partial charge is 0.191 e. The molecule has 1 fully saturated rings. The molecule has 0 bridgehead atoms. The monoisotopic (exact) mass is 330 g/mol. The zero-order valence-electron chi connectivity index (χ0n) is 13.9. The third-order valence-corrected chi connectivity index (χ3v) is 4.61. The van der Waals surface area contributed by atoms with Crippen molar-refractivity contribution in [2.75, 3.05) is 0 Å². The van der Waals surface area contributed by atoms with E-state index < -0.39 is 11.6 Å². The molecule has 0 radical (unpaired) electrons. The minimum absolute atomic E-state index is 0.0792. The van der Waals surface area contributed by atoms with Gasteiger partial charge in [0.05, 0.1) is 0 Å². The van der Waals surface area contributed by atoms with Gasteiger partial charge in [-0.2, -0.15) is 0 Å². The summed E-state index contributed by atoms with van der Waals surface area (Å²) in [5.74, 6) is -0.500. The Bertz CT molecular complexity index is 771. The fourth-order valence-corrected chi connectivity index (χ4v) is 3.31. The fraction of sp³-hybridized carbons (Fsp3) is 0.400. The lowest BCUT2D eigenvalue weighted by atomic mass is 10.0. The normalized spacial score (nSPS) is 18.2. The van der Waals surface area contributed by atoms with Gasteiger partial charge in [0.1, 0.15) is 18.0 Å². The molecular weight excluding hydrogens is 310 g/mol. The van der Waals surface area contributed by atoms with E-state index in [2.05, 4.69) is 0 Å². The summed E-state index contributed by atoms with van der Waals surface area (Å²) in [5, 5.41) is 0. The molecule has 0 spiro atoms. The number of hydrogen-bond donors (Lipinski definition) is 0. The van der Waals surface area contributed by atoms with Gasteiger partial charge in [-0.25, -0.2) is 8.78 Å². The predicted octanol–water partition coefficient (Wildman–Crippen LogP) is 5.13. The molecule has 0 N–H and O–H groups in total. The van der Waals surface area contributed by atoms with Crippen LogP contribution in [0, 0.1) is 11.6 Å². The molecule has 4 heteroatoms. The number of hydrogen-bond acceptors (Lipinski definition) is 2. The van der Waals surface area contributed by atoms with Crippen LogP contribution in [0.1, 0.15) is 49.3 Å². The summed E-state index contributed by atoms with van der Waals surface area (Å²) in [4.78, 5) is 0. The maximum absolute atomic E-state index is 14.2. The van der Waals surface area contributed by atoms with E-state index in [1.807, 2.05) is 32.0 Å². The fourth-order valence-electron chi connectivity index (χ4n) is 3.31. The molecule has 0 amide bonds. The summed E-state index contributed by atoms with van der Waals surface area (Å²) in [6.45, 7) is 4.12. The zero-order chi connectivity index (χ0) is 16.9. The molecule has 2 aliphatic rings. The van der Waals surface area contributed by atoms with E-state index in [1.54, 1.807) is 0 Å². The van der Waals surface area contributed by atoms with Crippen LogP contribution >= 0.6 is 0 Å². The van der Waals surface area contributed by atoms with E-state index in [4.69, 9.17) is 9.47 Å². The molecule has 1 aliphatic carbocycles. The Labute approximate surface area is 140 Å². The first-order chi connectivity index (χ1) is 11.4. The van der Waals surface area contributed by atoms with E-state index in [0.29, 0.717) is 5.92 Å². The lowest BCUT2D eigenvalue weighted by Crippen LogP contribution is -2.25. The molecule has 1 aliphatic heterocycles. The van der Waals surface area contributed by atoms with Crippen molar-refractivity contribution in [3.63, 3.8) is 0 Å². The Morgan fingerprint density at radius 3 is 2.54 bits per heavy atom. The number of benzene rings is 2. The van der Waals surface area contributed by atoms with Crippen LogP contribution in [-0.4, -0.2) is 5.60 Å². The van der Waals surface area contributed by atoms with Gasteiger partial charge in [0.25, 0.3) is 0 Å². The first-order valence-corrected chi connectivity index (χ1v) is 8.34. The number of ether oxygens (including phenoxy) is 2. The average Bonchev–Trinajstić information content (AvgIpc) is 3.28. The van der Waals surface area contributed by atoms with Gasteiger partial charge in [0.2, 0.25) is 0 Å². The van der Waals surface area contributed by atoms with Gasteiger partial charge < -0.3 is 9.47 Å². The SMILES string of the molecule is CC1(C)Cc2cccc(COc3c(F)cc(C4CC4)cc3F)c2O1. The van der Waals surface area contributed by atoms with E-state index in [9.17, 15) is 8.78 Å². The van der Waals surface area contributed by atoms with Crippen molar-refractivity contribution in [3.05, 3.63) is 58.7 Å². The molecular formula is C20H20F2O2. The van der Waals surface area contributed by atoms with Crippen molar-refractivity contribution in [2.45, 2.75) is 51.2 Å². The molecule has 0 atom stereocenters. The highest BCUT2D eigenvalue weighted by molar-refractivity contribution is 5.46. The van der Waals surface area contributed by atoms with Crippen molar-refractivity contribution in [3.8, 4) is 11.5 Å². The minimum Gasteiger partial charge on any atom is -0.487 e. The lowest BCUT2D eigenvalue weighted by Gasteiger charge is -2.18. The molecule has 0 unspecified atom stereocenters. The second kappa shape index (κ2) is 5.47. The van der Waals surface area contributed by atoms with Crippen LogP contribution in [0.25, 0.3) is 0 Å². The van der Waals surface area contributed by atoms with Gasteiger partial charge in [-0.1, -0.05) is 18.2 Å². The Kier molecular flexibility index (Phi) is 3.52. The Morgan fingerprint density at radius 2 is 1.88 bits per heavy atom. The van der Waals surface area contributed by atoms with Gasteiger partial charge >= 0.3 is 0 Å². The second-order valence-corrected chi connectivity index (χ2v) is 7.32. The molecule has 2 aromatic carbocycles. The summed E-state index contributed by atoms with van der Waals surface area (Å²) in [7, 11) is 0. The maximum atomic E-state index is 14.2. The van der Waals surface area contributed by atoms with E-state index in [1.165, 1.54) is 12.1 Å². The molecule has 1 heterocycles. The molecule has 2 nitrogen and oxygen atoms in total. The molecule has 0 aromatic heterocycles. The highest BCUT2D eigenvalue weighted by Gasteiger charge is 2.32. The van der Waals surface area contributed by atoms with Gasteiger partial charge in [-0.3, -0.25) is 0 Å². The summed E-state index contributed by atoms with van der Waals surface area (Å²) in [5.41, 5.74) is 2.37. The largest absolute Gasteiger partial charge is 0.487 e. The Hall–Kier alpha value is -2.10. The highest BCUT2D eigenvalue weighted by atomic mass is 19.1. The van der Waals surface area contributed by atoms with Crippen LogP contribution in [0.2, 0.25) is 0 Å².